The van der Waals surface area contributed by atoms with Gasteiger partial charge in [-0.05, 0) is 45.2 Å². The summed E-state index contributed by atoms with van der Waals surface area (Å²) in [5.41, 5.74) is 2.34. The number of rotatable bonds is 8. The first-order valence-electron chi connectivity index (χ1n) is 9.62. The lowest BCUT2D eigenvalue weighted by Gasteiger charge is -2.30. The number of esters is 1. The number of ether oxygens (including phenoxy) is 1. The predicted molar refractivity (Wildman–Crippen MR) is 102 cm³/mol. The molecule has 1 saturated carbocycles. The quantitative estimate of drug-likeness (QED) is 0.671. The highest BCUT2D eigenvalue weighted by Gasteiger charge is 2.42. The van der Waals surface area contributed by atoms with E-state index in [1.807, 2.05) is 44.2 Å². The molecule has 1 aromatic carbocycles. The van der Waals surface area contributed by atoms with E-state index in [9.17, 15) is 9.59 Å². The number of aromatic nitrogens is 2. The van der Waals surface area contributed by atoms with Crippen molar-refractivity contribution in [3.8, 4) is 0 Å². The molecule has 6 nitrogen and oxygen atoms in total. The normalized spacial score (nSPS) is 14.6. The van der Waals surface area contributed by atoms with Gasteiger partial charge < -0.3 is 9.64 Å². The van der Waals surface area contributed by atoms with Crippen molar-refractivity contribution in [1.82, 2.24) is 14.7 Å². The van der Waals surface area contributed by atoms with Crippen LogP contribution in [0.4, 0.5) is 0 Å². The molecule has 1 fully saturated rings. The van der Waals surface area contributed by atoms with Crippen LogP contribution in [0, 0.1) is 6.92 Å². The molecule has 2 aromatic rings. The van der Waals surface area contributed by atoms with Crippen molar-refractivity contribution in [2.75, 3.05) is 6.61 Å². The number of benzene rings is 1. The van der Waals surface area contributed by atoms with Crippen LogP contribution in [0.2, 0.25) is 0 Å². The molecule has 0 aliphatic heterocycles. The van der Waals surface area contributed by atoms with E-state index in [0.717, 1.165) is 24.1 Å². The highest BCUT2D eigenvalue weighted by atomic mass is 16.5. The van der Waals surface area contributed by atoms with Crippen molar-refractivity contribution in [3.05, 3.63) is 53.3 Å². The molecule has 27 heavy (non-hydrogen) atoms. The second kappa shape index (κ2) is 8.37. The monoisotopic (exact) mass is 369 g/mol. The summed E-state index contributed by atoms with van der Waals surface area (Å²) in [5, 5.41) is 4.39. The van der Waals surface area contributed by atoms with Gasteiger partial charge in [0.15, 0.2) is 0 Å². The average Bonchev–Trinajstić information content (AvgIpc) is 3.42. The minimum Gasteiger partial charge on any atom is -0.464 e. The molecule has 0 saturated heterocycles. The van der Waals surface area contributed by atoms with Crippen molar-refractivity contribution in [1.29, 1.82) is 0 Å². The van der Waals surface area contributed by atoms with Gasteiger partial charge in [0.05, 0.1) is 12.3 Å². The summed E-state index contributed by atoms with van der Waals surface area (Å²) in [4.78, 5) is 27.9. The zero-order valence-corrected chi connectivity index (χ0v) is 16.2. The van der Waals surface area contributed by atoms with Crippen LogP contribution >= 0.6 is 0 Å². The number of aryl methyl sites for hydroxylation is 2. The fourth-order valence-corrected chi connectivity index (χ4v) is 3.38. The van der Waals surface area contributed by atoms with Crippen molar-refractivity contribution < 1.29 is 14.3 Å². The van der Waals surface area contributed by atoms with Crippen LogP contribution in [0.25, 0.3) is 0 Å². The summed E-state index contributed by atoms with van der Waals surface area (Å²) in [7, 11) is 0. The zero-order chi connectivity index (χ0) is 19.4. The van der Waals surface area contributed by atoms with Crippen LogP contribution in [0.3, 0.4) is 0 Å². The smallest absolute Gasteiger partial charge is 0.329 e. The third kappa shape index (κ3) is 4.38. The van der Waals surface area contributed by atoms with Gasteiger partial charge in [-0.3, -0.25) is 9.48 Å². The number of carbonyl (C=O) groups excluding carboxylic acids is 2. The molecule has 1 atom stereocenters. The Morgan fingerprint density at radius 1 is 1.26 bits per heavy atom. The third-order valence-electron chi connectivity index (χ3n) is 4.76. The molecule has 0 radical (unpaired) electrons. The molecule has 144 valence electrons. The number of carbonyl (C=O) groups is 2. The third-order valence-corrected chi connectivity index (χ3v) is 4.76. The summed E-state index contributed by atoms with van der Waals surface area (Å²) in [6.07, 6.45) is 2.27. The van der Waals surface area contributed by atoms with E-state index in [2.05, 4.69) is 5.10 Å². The Kier molecular flexibility index (Phi) is 5.94. The fourth-order valence-electron chi connectivity index (χ4n) is 3.38. The Bertz CT molecular complexity index is 796. The second-order valence-corrected chi connectivity index (χ2v) is 6.89. The number of nitrogens with zero attached hydrogens (tertiary/aromatic N) is 3. The van der Waals surface area contributed by atoms with Gasteiger partial charge in [-0.1, -0.05) is 30.3 Å². The first-order chi connectivity index (χ1) is 13.0. The molecule has 3 rings (SSSR count). The Morgan fingerprint density at radius 2 is 1.96 bits per heavy atom. The molecule has 1 aliphatic carbocycles. The van der Waals surface area contributed by atoms with Crippen LogP contribution in [0.5, 0.6) is 0 Å². The summed E-state index contributed by atoms with van der Waals surface area (Å²) in [5.74, 6) is -0.491. The maximum atomic E-state index is 13.4. The van der Waals surface area contributed by atoms with Gasteiger partial charge in [0.2, 0.25) is 0 Å². The first kappa shape index (κ1) is 19.1. The second-order valence-electron chi connectivity index (χ2n) is 6.89. The topological polar surface area (TPSA) is 64.4 Å². The van der Waals surface area contributed by atoms with Gasteiger partial charge in [0.25, 0.3) is 5.91 Å². The lowest BCUT2D eigenvalue weighted by atomic mass is 10.0. The molecule has 1 unspecified atom stereocenters. The van der Waals surface area contributed by atoms with E-state index >= 15 is 0 Å². The summed E-state index contributed by atoms with van der Waals surface area (Å²) in [6.45, 7) is 6.52. The van der Waals surface area contributed by atoms with Gasteiger partial charge in [-0.25, -0.2) is 4.79 Å². The number of amides is 1. The van der Waals surface area contributed by atoms with E-state index in [1.54, 1.807) is 22.6 Å². The van der Waals surface area contributed by atoms with Gasteiger partial charge in [0, 0.05) is 19.0 Å². The largest absolute Gasteiger partial charge is 0.464 e. The van der Waals surface area contributed by atoms with Gasteiger partial charge in [-0.15, -0.1) is 0 Å². The van der Waals surface area contributed by atoms with Crippen molar-refractivity contribution in [3.63, 3.8) is 0 Å². The van der Waals surface area contributed by atoms with E-state index in [4.69, 9.17) is 4.74 Å². The van der Waals surface area contributed by atoms with E-state index < -0.39 is 6.04 Å². The van der Waals surface area contributed by atoms with Crippen molar-refractivity contribution in [2.45, 2.75) is 58.7 Å². The molecular weight excluding hydrogens is 342 g/mol. The molecule has 1 aliphatic rings. The Morgan fingerprint density at radius 3 is 2.56 bits per heavy atom. The Labute approximate surface area is 160 Å². The number of hydrogen-bond donors (Lipinski definition) is 0. The van der Waals surface area contributed by atoms with E-state index in [1.165, 1.54) is 0 Å². The van der Waals surface area contributed by atoms with Crippen LogP contribution in [-0.4, -0.2) is 45.2 Å². The van der Waals surface area contributed by atoms with Crippen LogP contribution in [0.1, 0.15) is 48.4 Å². The van der Waals surface area contributed by atoms with Crippen LogP contribution < -0.4 is 0 Å². The molecular formula is C21H27N3O3. The van der Waals surface area contributed by atoms with Gasteiger partial charge in [-0.2, -0.15) is 5.10 Å². The summed E-state index contributed by atoms with van der Waals surface area (Å²) < 4.78 is 7.03. The van der Waals surface area contributed by atoms with Crippen molar-refractivity contribution in [2.24, 2.45) is 0 Å². The highest BCUT2D eigenvalue weighted by Crippen LogP contribution is 2.32. The van der Waals surface area contributed by atoms with Gasteiger partial charge >= 0.3 is 5.97 Å². The van der Waals surface area contributed by atoms with Crippen LogP contribution in [-0.2, 0) is 22.5 Å². The predicted octanol–water partition coefficient (Wildman–Crippen LogP) is 2.99. The highest BCUT2D eigenvalue weighted by molar-refractivity contribution is 5.96. The Balaban J connectivity index is 1.94. The van der Waals surface area contributed by atoms with Gasteiger partial charge in [0.1, 0.15) is 11.7 Å². The Hall–Kier alpha value is -2.63. The molecule has 0 spiro atoms. The molecule has 0 bridgehead atoms. The summed E-state index contributed by atoms with van der Waals surface area (Å²) in [6, 6.07) is 11.0. The minimum absolute atomic E-state index is 0.0798. The fraction of sp³-hybridized carbons (Fsp3) is 0.476. The standard InChI is InChI=1S/C21H27N3O3/c1-4-23-18(13-15(3)22-23)20(25)24(17-11-12-17)19(21(26)27-5-2)14-16-9-7-6-8-10-16/h6-10,13,17,19H,4-5,11-12,14H2,1-3H3. The number of hydrogen-bond acceptors (Lipinski definition) is 4. The molecule has 1 aromatic heterocycles. The maximum absolute atomic E-state index is 13.4. The summed E-state index contributed by atoms with van der Waals surface area (Å²) >= 11 is 0. The maximum Gasteiger partial charge on any atom is 0.329 e. The molecule has 1 heterocycles. The minimum atomic E-state index is -0.632. The molecule has 1 amide bonds. The van der Waals surface area contributed by atoms with Crippen molar-refractivity contribution >= 4 is 11.9 Å². The zero-order valence-electron chi connectivity index (χ0n) is 16.2. The van der Waals surface area contributed by atoms with E-state index in [-0.39, 0.29) is 17.9 Å². The van der Waals surface area contributed by atoms with E-state index in [0.29, 0.717) is 25.3 Å². The van der Waals surface area contributed by atoms with Crippen LogP contribution in [0.15, 0.2) is 36.4 Å². The molecule has 0 N–H and O–H groups in total. The lowest BCUT2D eigenvalue weighted by Crippen LogP contribution is -2.49. The molecule has 6 heteroatoms. The average molecular weight is 369 g/mol. The lowest BCUT2D eigenvalue weighted by molar-refractivity contribution is -0.148. The SMILES string of the molecule is CCOC(=O)C(Cc1ccccc1)N(C(=O)c1cc(C)nn1CC)C1CC1. The first-order valence-corrected chi connectivity index (χ1v) is 9.62.